The van der Waals surface area contributed by atoms with Crippen LogP contribution in [0.3, 0.4) is 0 Å². The van der Waals surface area contributed by atoms with Crippen molar-refractivity contribution in [2.24, 2.45) is 0 Å². The summed E-state index contributed by atoms with van der Waals surface area (Å²) in [5.41, 5.74) is 1.91. The fourth-order valence-corrected chi connectivity index (χ4v) is 4.57. The highest BCUT2D eigenvalue weighted by Gasteiger charge is 2.19. The monoisotopic (exact) mass is 417 g/mol. The van der Waals surface area contributed by atoms with Gasteiger partial charge in [-0.15, -0.1) is 0 Å². The number of hydrogen-bond acceptors (Lipinski definition) is 4. The summed E-state index contributed by atoms with van der Waals surface area (Å²) in [6, 6.07) is 13.2. The largest absolute Gasteiger partial charge is 0.423 e. The first-order chi connectivity index (χ1) is 13.7. The van der Waals surface area contributed by atoms with Gasteiger partial charge in [-0.05, 0) is 55.2 Å². The third-order valence-corrected chi connectivity index (χ3v) is 6.72. The number of fused-ring (bicyclic) bond motifs is 1. The first kappa shape index (κ1) is 21.2. The molecular weight excluding hydrogens is 393 g/mol. The van der Waals surface area contributed by atoms with Crippen molar-refractivity contribution in [2.45, 2.75) is 37.8 Å². The Labute approximate surface area is 169 Å². The van der Waals surface area contributed by atoms with Crippen LogP contribution in [0.5, 0.6) is 0 Å². The van der Waals surface area contributed by atoms with Gasteiger partial charge in [-0.3, -0.25) is 0 Å². The van der Waals surface area contributed by atoms with Crippen molar-refractivity contribution in [2.75, 3.05) is 13.6 Å². The maximum absolute atomic E-state index is 13.9. The van der Waals surface area contributed by atoms with Crippen LogP contribution in [0.15, 0.2) is 62.6 Å². The van der Waals surface area contributed by atoms with Crippen molar-refractivity contribution in [1.82, 2.24) is 4.31 Å². The molecule has 0 bridgehead atoms. The zero-order valence-corrected chi connectivity index (χ0v) is 17.5. The summed E-state index contributed by atoms with van der Waals surface area (Å²) in [7, 11) is -1.92. The molecule has 0 saturated carbocycles. The van der Waals surface area contributed by atoms with Gasteiger partial charge >= 0.3 is 5.63 Å². The maximum Gasteiger partial charge on any atom is 0.336 e. The van der Waals surface area contributed by atoms with Gasteiger partial charge in [0.2, 0.25) is 10.0 Å². The Bertz CT molecular complexity index is 1170. The normalized spacial score (nSPS) is 13.1. The number of benzene rings is 2. The average Bonchev–Trinajstić information content (AvgIpc) is 2.68. The molecule has 1 unspecified atom stereocenters. The number of rotatable bonds is 7. The minimum absolute atomic E-state index is 0.256. The van der Waals surface area contributed by atoms with E-state index in [0.29, 0.717) is 29.5 Å². The standard InChI is InChI=1S/C22H24FNO4S/c1-4-11-24(3)29(26,27)18-8-5-16(6-9-18)12-17-7-10-21-20(13-17)19(15(2)23)14-22(25)28-21/h5-10,13-15H,4,11-12H2,1-3H3. The lowest BCUT2D eigenvalue weighted by molar-refractivity contribution is 0.374. The molecule has 7 heteroatoms. The minimum atomic E-state index is -3.49. The molecule has 0 amide bonds. The van der Waals surface area contributed by atoms with Crippen molar-refractivity contribution < 1.29 is 17.2 Å². The predicted molar refractivity (Wildman–Crippen MR) is 111 cm³/mol. The van der Waals surface area contributed by atoms with Crippen LogP contribution in [0, 0.1) is 0 Å². The maximum atomic E-state index is 13.9. The second-order valence-electron chi connectivity index (χ2n) is 7.11. The zero-order valence-electron chi connectivity index (χ0n) is 16.7. The molecule has 0 aliphatic rings. The van der Waals surface area contributed by atoms with E-state index in [0.717, 1.165) is 17.5 Å². The molecule has 1 aromatic heterocycles. The highest BCUT2D eigenvalue weighted by atomic mass is 32.2. The summed E-state index contributed by atoms with van der Waals surface area (Å²) in [5.74, 6) is 0. The molecule has 1 heterocycles. The quantitative estimate of drug-likeness (QED) is 0.533. The van der Waals surface area contributed by atoms with Crippen molar-refractivity contribution >= 4 is 21.0 Å². The molecule has 1 atom stereocenters. The fourth-order valence-electron chi connectivity index (χ4n) is 3.30. The van der Waals surface area contributed by atoms with Gasteiger partial charge in [-0.2, -0.15) is 0 Å². The van der Waals surface area contributed by atoms with Crippen LogP contribution in [-0.2, 0) is 16.4 Å². The smallest absolute Gasteiger partial charge is 0.336 e. The lowest BCUT2D eigenvalue weighted by Gasteiger charge is -2.16. The molecule has 3 aromatic rings. The van der Waals surface area contributed by atoms with Gasteiger partial charge in [-0.1, -0.05) is 25.1 Å². The average molecular weight is 418 g/mol. The minimum Gasteiger partial charge on any atom is -0.423 e. The first-order valence-corrected chi connectivity index (χ1v) is 10.9. The number of sulfonamides is 1. The molecule has 3 rings (SSSR count). The lowest BCUT2D eigenvalue weighted by Crippen LogP contribution is -2.27. The Kier molecular flexibility index (Phi) is 6.19. The van der Waals surface area contributed by atoms with Gasteiger partial charge < -0.3 is 4.42 Å². The van der Waals surface area contributed by atoms with Gasteiger partial charge in [0, 0.05) is 30.6 Å². The van der Waals surface area contributed by atoms with E-state index >= 15 is 0 Å². The van der Waals surface area contributed by atoms with Crippen LogP contribution in [0.1, 0.15) is 43.1 Å². The first-order valence-electron chi connectivity index (χ1n) is 9.48. The van der Waals surface area contributed by atoms with E-state index in [-0.39, 0.29) is 4.90 Å². The number of hydrogen-bond donors (Lipinski definition) is 0. The van der Waals surface area contributed by atoms with E-state index in [1.807, 2.05) is 19.1 Å². The van der Waals surface area contributed by atoms with E-state index in [9.17, 15) is 17.6 Å². The molecule has 0 spiro atoms. The molecule has 0 fully saturated rings. The summed E-state index contributed by atoms with van der Waals surface area (Å²) in [6.07, 6.45) is -0.00294. The van der Waals surface area contributed by atoms with Gasteiger partial charge in [0.1, 0.15) is 11.8 Å². The van der Waals surface area contributed by atoms with Crippen molar-refractivity contribution in [3.8, 4) is 0 Å². The molecular formula is C22H24FNO4S. The van der Waals surface area contributed by atoms with Gasteiger partial charge in [0.25, 0.3) is 0 Å². The summed E-state index contributed by atoms with van der Waals surface area (Å²) in [6.45, 7) is 3.78. The molecule has 2 aromatic carbocycles. The van der Waals surface area contributed by atoms with Gasteiger partial charge in [0.15, 0.2) is 0 Å². The lowest BCUT2D eigenvalue weighted by atomic mass is 10.00. The second-order valence-corrected chi connectivity index (χ2v) is 9.16. The highest BCUT2D eigenvalue weighted by Crippen LogP contribution is 2.27. The van der Waals surface area contributed by atoms with Crippen molar-refractivity contribution in [3.05, 3.63) is 75.6 Å². The third kappa shape index (κ3) is 4.57. The van der Waals surface area contributed by atoms with E-state index in [2.05, 4.69) is 0 Å². The molecule has 5 nitrogen and oxygen atoms in total. The van der Waals surface area contributed by atoms with Crippen LogP contribution < -0.4 is 5.63 Å². The number of nitrogens with zero attached hydrogens (tertiary/aromatic N) is 1. The van der Waals surface area contributed by atoms with E-state index in [4.69, 9.17) is 4.42 Å². The molecule has 29 heavy (non-hydrogen) atoms. The molecule has 0 N–H and O–H groups in total. The summed E-state index contributed by atoms with van der Waals surface area (Å²) < 4.78 is 45.5. The van der Waals surface area contributed by atoms with Crippen molar-refractivity contribution in [1.29, 1.82) is 0 Å². The van der Waals surface area contributed by atoms with E-state index < -0.39 is 21.8 Å². The molecule has 0 aliphatic heterocycles. The number of alkyl halides is 1. The highest BCUT2D eigenvalue weighted by molar-refractivity contribution is 7.89. The summed E-state index contributed by atoms with van der Waals surface area (Å²) in [5, 5.41) is 0.567. The van der Waals surface area contributed by atoms with E-state index in [1.54, 1.807) is 37.4 Å². The zero-order chi connectivity index (χ0) is 21.2. The molecule has 0 aliphatic carbocycles. The predicted octanol–water partition coefficient (Wildman–Crippen LogP) is 4.44. The van der Waals surface area contributed by atoms with Crippen LogP contribution in [0.4, 0.5) is 4.39 Å². The third-order valence-electron chi connectivity index (χ3n) is 4.85. The Morgan fingerprint density at radius 2 is 1.72 bits per heavy atom. The van der Waals surface area contributed by atoms with E-state index in [1.165, 1.54) is 17.3 Å². The Balaban J connectivity index is 1.89. The van der Waals surface area contributed by atoms with Crippen molar-refractivity contribution in [3.63, 3.8) is 0 Å². The molecule has 154 valence electrons. The second kappa shape index (κ2) is 8.47. The summed E-state index contributed by atoms with van der Waals surface area (Å²) >= 11 is 0. The van der Waals surface area contributed by atoms with Gasteiger partial charge in [-0.25, -0.2) is 21.9 Å². The van der Waals surface area contributed by atoms with Crippen LogP contribution in [-0.4, -0.2) is 26.3 Å². The Morgan fingerprint density at radius 3 is 2.34 bits per heavy atom. The topological polar surface area (TPSA) is 67.6 Å². The van der Waals surface area contributed by atoms with Crippen LogP contribution in [0.25, 0.3) is 11.0 Å². The molecule has 0 radical (unpaired) electrons. The van der Waals surface area contributed by atoms with Crippen LogP contribution >= 0.6 is 0 Å². The van der Waals surface area contributed by atoms with Crippen LogP contribution in [0.2, 0.25) is 0 Å². The Morgan fingerprint density at radius 1 is 1.07 bits per heavy atom. The fraction of sp³-hybridized carbons (Fsp3) is 0.318. The molecule has 0 saturated heterocycles. The number of halogens is 1. The Hall–Kier alpha value is -2.51. The summed E-state index contributed by atoms with van der Waals surface area (Å²) in [4.78, 5) is 11.9. The van der Waals surface area contributed by atoms with Gasteiger partial charge in [0.05, 0.1) is 4.90 Å². The SMILES string of the molecule is CCCN(C)S(=O)(=O)c1ccc(Cc2ccc3oc(=O)cc(C(C)F)c3c2)cc1.